The zero-order valence-electron chi connectivity index (χ0n) is 19.2. The maximum absolute atomic E-state index is 13.2. The quantitative estimate of drug-likeness (QED) is 0.501. The van der Waals surface area contributed by atoms with Crippen LogP contribution in [0.5, 0.6) is 11.5 Å². The molecule has 1 atom stereocenters. The van der Waals surface area contributed by atoms with Gasteiger partial charge in [-0.15, -0.1) is 0 Å². The van der Waals surface area contributed by atoms with Crippen LogP contribution in [-0.4, -0.2) is 41.4 Å². The number of hydrogen-bond donors (Lipinski definition) is 1. The molecule has 0 aromatic heterocycles. The van der Waals surface area contributed by atoms with Crippen molar-refractivity contribution in [2.75, 3.05) is 19.5 Å². The van der Waals surface area contributed by atoms with Gasteiger partial charge in [0.05, 0.1) is 26.5 Å². The summed E-state index contributed by atoms with van der Waals surface area (Å²) in [4.78, 5) is 32.4. The summed E-state index contributed by atoms with van der Waals surface area (Å²) in [5.41, 5.74) is 1.98. The van der Waals surface area contributed by atoms with Crippen molar-refractivity contribution < 1.29 is 23.5 Å². The summed E-state index contributed by atoms with van der Waals surface area (Å²) in [6.45, 7) is 0.303. The van der Waals surface area contributed by atoms with Gasteiger partial charge in [-0.25, -0.2) is 9.38 Å². The third-order valence-electron chi connectivity index (χ3n) is 5.34. The van der Waals surface area contributed by atoms with Gasteiger partial charge in [0.2, 0.25) is 11.8 Å². The van der Waals surface area contributed by atoms with Crippen LogP contribution in [0.3, 0.4) is 0 Å². The number of anilines is 1. The van der Waals surface area contributed by atoms with E-state index in [1.165, 1.54) is 36.0 Å². The summed E-state index contributed by atoms with van der Waals surface area (Å²) in [6, 6.07) is 20.0. The molecule has 3 aromatic carbocycles. The lowest BCUT2D eigenvalue weighted by molar-refractivity contribution is -0.129. The Balaban J connectivity index is 1.58. The number of thioether (sulfide) groups is 1. The molecule has 180 valence electrons. The number of amidine groups is 1. The van der Waals surface area contributed by atoms with Gasteiger partial charge < -0.3 is 14.8 Å². The SMILES string of the molecule is COc1ccc(CN2C(=O)C[C@H](C(=O)Nc3ccc(F)cc3)SC2=Nc2ccc(OC)cc2)cc1. The number of halogens is 1. The molecule has 3 aromatic rings. The highest BCUT2D eigenvalue weighted by Crippen LogP contribution is 2.31. The van der Waals surface area contributed by atoms with Crippen LogP contribution >= 0.6 is 11.8 Å². The Hall–Kier alpha value is -3.85. The average molecular weight is 494 g/mol. The van der Waals surface area contributed by atoms with Gasteiger partial charge in [0, 0.05) is 12.1 Å². The Morgan fingerprint density at radius 3 is 2.20 bits per heavy atom. The molecule has 1 saturated heterocycles. The molecule has 1 heterocycles. The standard InChI is InChI=1S/C26H24FN3O4S/c1-33-21-11-3-17(4-12-21)16-30-24(31)15-23(25(32)28-19-7-5-18(27)6-8-19)35-26(30)29-20-9-13-22(34-2)14-10-20/h3-14,23H,15-16H2,1-2H3,(H,28,32)/t23-/m1/s1. The van der Waals surface area contributed by atoms with Crippen molar-refractivity contribution in [3.63, 3.8) is 0 Å². The van der Waals surface area contributed by atoms with E-state index in [1.54, 1.807) is 43.4 Å². The Morgan fingerprint density at radius 2 is 1.60 bits per heavy atom. The molecule has 0 saturated carbocycles. The Morgan fingerprint density at radius 1 is 1.00 bits per heavy atom. The highest BCUT2D eigenvalue weighted by Gasteiger charge is 2.36. The number of rotatable bonds is 7. The molecule has 35 heavy (non-hydrogen) atoms. The maximum atomic E-state index is 13.2. The van der Waals surface area contributed by atoms with E-state index in [0.717, 1.165) is 11.3 Å². The number of ether oxygens (including phenoxy) is 2. The summed E-state index contributed by atoms with van der Waals surface area (Å²) in [5, 5.41) is 2.49. The molecule has 1 aliphatic heterocycles. The third-order valence-corrected chi connectivity index (χ3v) is 6.53. The maximum Gasteiger partial charge on any atom is 0.238 e. The van der Waals surface area contributed by atoms with Gasteiger partial charge >= 0.3 is 0 Å². The first kappa shape index (κ1) is 24.3. The number of methoxy groups -OCH3 is 2. The van der Waals surface area contributed by atoms with Crippen LogP contribution in [0.15, 0.2) is 77.8 Å². The van der Waals surface area contributed by atoms with E-state index < -0.39 is 11.1 Å². The monoisotopic (exact) mass is 493 g/mol. The number of carbonyl (C=O) groups is 2. The Kier molecular flexibility index (Phi) is 7.67. The summed E-state index contributed by atoms with van der Waals surface area (Å²) >= 11 is 1.22. The van der Waals surface area contributed by atoms with Gasteiger partial charge in [-0.05, 0) is 66.2 Å². The van der Waals surface area contributed by atoms with Gasteiger partial charge in [0.25, 0.3) is 0 Å². The molecule has 1 aliphatic rings. The van der Waals surface area contributed by atoms with Crippen molar-refractivity contribution in [2.24, 2.45) is 4.99 Å². The fraction of sp³-hybridized carbons (Fsp3) is 0.192. The first-order chi connectivity index (χ1) is 16.9. The average Bonchev–Trinajstić information content (AvgIpc) is 2.88. The summed E-state index contributed by atoms with van der Waals surface area (Å²) in [7, 11) is 3.17. The van der Waals surface area contributed by atoms with Crippen LogP contribution in [0.2, 0.25) is 0 Å². The highest BCUT2D eigenvalue weighted by molar-refractivity contribution is 8.15. The van der Waals surface area contributed by atoms with Gasteiger partial charge in [0.1, 0.15) is 22.6 Å². The van der Waals surface area contributed by atoms with E-state index in [2.05, 4.69) is 10.3 Å². The first-order valence-corrected chi connectivity index (χ1v) is 11.7. The van der Waals surface area contributed by atoms with Crippen LogP contribution in [0.25, 0.3) is 0 Å². The van der Waals surface area contributed by atoms with Crippen LogP contribution < -0.4 is 14.8 Å². The van der Waals surface area contributed by atoms with Crippen LogP contribution in [0.1, 0.15) is 12.0 Å². The number of amides is 2. The zero-order chi connectivity index (χ0) is 24.8. The van der Waals surface area contributed by atoms with Crippen molar-refractivity contribution in [3.05, 3.63) is 84.2 Å². The van der Waals surface area contributed by atoms with Crippen molar-refractivity contribution in [1.82, 2.24) is 4.90 Å². The number of carbonyl (C=O) groups excluding carboxylic acids is 2. The van der Waals surface area contributed by atoms with Crippen molar-refractivity contribution in [1.29, 1.82) is 0 Å². The molecular weight excluding hydrogens is 469 g/mol. The van der Waals surface area contributed by atoms with Gasteiger partial charge in [-0.3, -0.25) is 14.5 Å². The van der Waals surface area contributed by atoms with Crippen LogP contribution in [-0.2, 0) is 16.1 Å². The predicted molar refractivity (Wildman–Crippen MR) is 135 cm³/mol. The summed E-state index contributed by atoms with van der Waals surface area (Å²) < 4.78 is 23.6. The highest BCUT2D eigenvalue weighted by atomic mass is 32.2. The second kappa shape index (κ2) is 11.1. The number of nitrogens with one attached hydrogen (secondary N) is 1. The minimum Gasteiger partial charge on any atom is -0.497 e. The Labute approximate surface area is 207 Å². The molecule has 4 rings (SSSR count). The lowest BCUT2D eigenvalue weighted by Gasteiger charge is -2.32. The molecule has 0 aliphatic carbocycles. The fourth-order valence-electron chi connectivity index (χ4n) is 3.43. The number of nitrogens with zero attached hydrogens (tertiary/aromatic N) is 2. The molecule has 1 N–H and O–H groups in total. The molecule has 7 nitrogen and oxygen atoms in total. The number of aliphatic imine (C=N–C) groups is 1. The molecule has 1 fully saturated rings. The predicted octanol–water partition coefficient (Wildman–Crippen LogP) is 5.00. The largest absolute Gasteiger partial charge is 0.497 e. The molecule has 9 heteroatoms. The third kappa shape index (κ3) is 6.19. The topological polar surface area (TPSA) is 80.2 Å². The minimum atomic E-state index is -0.684. The molecule has 0 unspecified atom stereocenters. The second-order valence-electron chi connectivity index (χ2n) is 7.73. The second-order valence-corrected chi connectivity index (χ2v) is 8.90. The van der Waals surface area contributed by atoms with E-state index in [9.17, 15) is 14.0 Å². The van der Waals surface area contributed by atoms with Crippen molar-refractivity contribution >= 4 is 40.1 Å². The zero-order valence-corrected chi connectivity index (χ0v) is 20.0. The van der Waals surface area contributed by atoms with E-state index in [4.69, 9.17) is 9.47 Å². The molecule has 2 amide bonds. The first-order valence-electron chi connectivity index (χ1n) is 10.8. The smallest absolute Gasteiger partial charge is 0.238 e. The van der Waals surface area contributed by atoms with Crippen LogP contribution in [0, 0.1) is 5.82 Å². The lowest BCUT2D eigenvalue weighted by atomic mass is 10.2. The minimum absolute atomic E-state index is 0.00941. The summed E-state index contributed by atoms with van der Waals surface area (Å²) in [6.07, 6.45) is 0.00941. The number of hydrogen-bond acceptors (Lipinski definition) is 6. The van der Waals surface area contributed by atoms with E-state index in [-0.39, 0.29) is 18.2 Å². The Bertz CT molecular complexity index is 1210. The van der Waals surface area contributed by atoms with Crippen molar-refractivity contribution in [3.8, 4) is 11.5 Å². The van der Waals surface area contributed by atoms with Crippen molar-refractivity contribution in [2.45, 2.75) is 18.2 Å². The molecule has 0 bridgehead atoms. The molecule has 0 spiro atoms. The van der Waals surface area contributed by atoms with E-state index in [0.29, 0.717) is 28.8 Å². The van der Waals surface area contributed by atoms with Crippen LogP contribution in [0.4, 0.5) is 15.8 Å². The molecule has 0 radical (unpaired) electrons. The van der Waals surface area contributed by atoms with Gasteiger partial charge in [0.15, 0.2) is 5.17 Å². The summed E-state index contributed by atoms with van der Waals surface area (Å²) in [5.74, 6) is 0.451. The van der Waals surface area contributed by atoms with E-state index >= 15 is 0 Å². The normalized spacial score (nSPS) is 16.8. The lowest BCUT2D eigenvalue weighted by Crippen LogP contribution is -2.44. The fourth-order valence-corrected chi connectivity index (χ4v) is 4.53. The van der Waals surface area contributed by atoms with Gasteiger partial charge in [-0.2, -0.15) is 0 Å². The number of benzene rings is 3. The molecular formula is C26H24FN3O4S. The van der Waals surface area contributed by atoms with E-state index in [1.807, 2.05) is 24.3 Å². The van der Waals surface area contributed by atoms with Gasteiger partial charge in [-0.1, -0.05) is 23.9 Å².